The van der Waals surface area contributed by atoms with E-state index in [1.165, 1.54) is 12.0 Å². The van der Waals surface area contributed by atoms with E-state index in [2.05, 4.69) is 15.9 Å². The highest BCUT2D eigenvalue weighted by atomic mass is 79.9. The van der Waals surface area contributed by atoms with E-state index in [-0.39, 0.29) is 11.7 Å². The van der Waals surface area contributed by atoms with Crippen LogP contribution in [0.1, 0.15) is 15.9 Å². The second kappa shape index (κ2) is 8.61. The molecule has 2 amide bonds. The van der Waals surface area contributed by atoms with Gasteiger partial charge in [-0.3, -0.25) is 14.4 Å². The smallest absolute Gasteiger partial charge is 0.240 e. The van der Waals surface area contributed by atoms with E-state index in [1.807, 2.05) is 23.1 Å². The summed E-state index contributed by atoms with van der Waals surface area (Å²) >= 11 is 9.76. The molecule has 3 aliphatic heterocycles. The van der Waals surface area contributed by atoms with Gasteiger partial charge in [0.2, 0.25) is 11.8 Å². The fourth-order valence-electron chi connectivity index (χ4n) is 5.67. The molecule has 0 aromatic heterocycles. The lowest BCUT2D eigenvalue weighted by Crippen LogP contribution is -2.48. The van der Waals surface area contributed by atoms with Gasteiger partial charge in [-0.05, 0) is 42.0 Å². The molecule has 4 atom stereocenters. The maximum absolute atomic E-state index is 14.0. The minimum absolute atomic E-state index is 0.218. The number of ether oxygens (including phenoxy) is 1. The van der Waals surface area contributed by atoms with Crippen molar-refractivity contribution in [2.75, 3.05) is 16.9 Å². The highest BCUT2D eigenvalue weighted by Crippen LogP contribution is 2.51. The molecule has 2 fully saturated rings. The summed E-state index contributed by atoms with van der Waals surface area (Å²) in [7, 11) is 1.50. The SMILES string of the molecule is COc1ccccc1N1C(=O)[C@@H]2[C@H](C1=O)[C@H](C(=O)c1ccc(Br)cc1)N1c3cc(Cl)ccc3C=C[C@H]21. The first-order valence-corrected chi connectivity index (χ1v) is 12.6. The second-order valence-corrected chi connectivity index (χ2v) is 10.4. The number of fused-ring (bicyclic) bond motifs is 5. The van der Waals surface area contributed by atoms with Gasteiger partial charge in [-0.1, -0.05) is 70.0 Å². The Bertz CT molecular complexity index is 1450. The van der Waals surface area contributed by atoms with Crippen molar-refractivity contribution in [2.24, 2.45) is 11.8 Å². The molecule has 2 saturated heterocycles. The maximum Gasteiger partial charge on any atom is 0.240 e. The molecule has 0 bridgehead atoms. The monoisotopic (exact) mass is 562 g/mol. The molecule has 6 rings (SSSR count). The highest BCUT2D eigenvalue weighted by molar-refractivity contribution is 9.10. The van der Waals surface area contributed by atoms with Crippen LogP contribution < -0.4 is 14.5 Å². The minimum atomic E-state index is -0.875. The zero-order valence-corrected chi connectivity index (χ0v) is 21.4. The molecule has 0 aliphatic carbocycles. The predicted molar refractivity (Wildman–Crippen MR) is 141 cm³/mol. The lowest BCUT2D eigenvalue weighted by molar-refractivity contribution is -0.122. The molecule has 180 valence electrons. The summed E-state index contributed by atoms with van der Waals surface area (Å²) in [6.07, 6.45) is 3.85. The molecule has 8 heteroatoms. The summed E-state index contributed by atoms with van der Waals surface area (Å²) in [5, 5.41) is 0.517. The molecule has 36 heavy (non-hydrogen) atoms. The van der Waals surface area contributed by atoms with Crippen LogP contribution in [0.25, 0.3) is 6.08 Å². The number of anilines is 2. The number of carbonyl (C=O) groups excluding carboxylic acids is 3. The van der Waals surface area contributed by atoms with Crippen molar-refractivity contribution < 1.29 is 19.1 Å². The average Bonchev–Trinajstić information content (AvgIpc) is 3.36. The molecule has 0 N–H and O–H groups in total. The highest BCUT2D eigenvalue weighted by Gasteiger charge is 2.64. The van der Waals surface area contributed by atoms with Crippen molar-refractivity contribution in [1.29, 1.82) is 0 Å². The number of hydrogen-bond acceptors (Lipinski definition) is 5. The van der Waals surface area contributed by atoms with Crippen LogP contribution in [0.3, 0.4) is 0 Å². The first kappa shape index (κ1) is 23.0. The van der Waals surface area contributed by atoms with Crippen molar-refractivity contribution >= 4 is 62.6 Å². The Morgan fingerprint density at radius 3 is 2.42 bits per heavy atom. The first-order chi connectivity index (χ1) is 17.4. The number of nitrogens with zero attached hydrogens (tertiary/aromatic N) is 2. The number of ketones is 1. The van der Waals surface area contributed by atoms with Crippen LogP contribution in [0.15, 0.2) is 77.3 Å². The number of rotatable bonds is 4. The molecule has 3 aromatic carbocycles. The van der Waals surface area contributed by atoms with E-state index in [0.717, 1.165) is 15.7 Å². The number of para-hydroxylation sites is 2. The maximum atomic E-state index is 14.0. The number of methoxy groups -OCH3 is 1. The average molecular weight is 564 g/mol. The van der Waals surface area contributed by atoms with Gasteiger partial charge in [0.1, 0.15) is 11.8 Å². The second-order valence-electron chi connectivity index (χ2n) is 9.01. The fourth-order valence-corrected chi connectivity index (χ4v) is 6.10. The van der Waals surface area contributed by atoms with Crippen LogP contribution in [0.2, 0.25) is 5.02 Å². The molecule has 0 saturated carbocycles. The van der Waals surface area contributed by atoms with Crippen molar-refractivity contribution in [3.63, 3.8) is 0 Å². The van der Waals surface area contributed by atoms with Crippen molar-refractivity contribution in [2.45, 2.75) is 12.1 Å². The van der Waals surface area contributed by atoms with Crippen molar-refractivity contribution in [3.05, 3.63) is 93.4 Å². The standard InChI is InChI=1S/C28H20BrClN2O4/c1-36-22-5-3-2-4-19(22)32-27(34)23-20-13-9-15-8-12-18(30)14-21(15)31(20)25(24(23)28(32)35)26(33)16-6-10-17(29)11-7-16/h2-14,20,23-25H,1H3/t20-,23+,24+,25-/m1/s1. The van der Waals surface area contributed by atoms with Gasteiger partial charge in [-0.15, -0.1) is 0 Å². The third-order valence-corrected chi connectivity index (χ3v) is 7.96. The number of halogens is 2. The van der Waals surface area contributed by atoms with Gasteiger partial charge in [-0.25, -0.2) is 4.90 Å². The summed E-state index contributed by atoms with van der Waals surface area (Å²) in [4.78, 5) is 45.0. The Kier molecular flexibility index (Phi) is 5.50. The summed E-state index contributed by atoms with van der Waals surface area (Å²) in [6, 6.07) is 18.1. The number of imide groups is 1. The van der Waals surface area contributed by atoms with E-state index in [1.54, 1.807) is 60.7 Å². The molecular formula is C28H20BrClN2O4. The molecule has 3 aliphatic rings. The first-order valence-electron chi connectivity index (χ1n) is 11.5. The quantitative estimate of drug-likeness (QED) is 0.315. The van der Waals surface area contributed by atoms with Crippen LogP contribution in [0.4, 0.5) is 11.4 Å². The number of benzene rings is 3. The van der Waals surface area contributed by atoms with Crippen LogP contribution in [-0.2, 0) is 9.59 Å². The van der Waals surface area contributed by atoms with Gasteiger partial charge >= 0.3 is 0 Å². The molecular weight excluding hydrogens is 544 g/mol. The number of carbonyl (C=O) groups is 3. The Morgan fingerprint density at radius 2 is 1.67 bits per heavy atom. The number of amides is 2. The van der Waals surface area contributed by atoms with E-state index >= 15 is 0 Å². The van der Waals surface area contributed by atoms with E-state index < -0.39 is 29.8 Å². The van der Waals surface area contributed by atoms with E-state index in [9.17, 15) is 14.4 Å². The number of Topliss-reactive ketones (excluding diaryl/α,β-unsaturated/α-hetero) is 1. The van der Waals surface area contributed by atoms with Crippen LogP contribution in [-0.4, -0.2) is 36.8 Å². The number of hydrogen-bond donors (Lipinski definition) is 0. The van der Waals surface area contributed by atoms with Crippen molar-refractivity contribution in [3.8, 4) is 5.75 Å². The summed E-state index contributed by atoms with van der Waals surface area (Å²) in [5.74, 6) is -2.14. The van der Waals surface area contributed by atoms with Gasteiger partial charge in [0.05, 0.1) is 30.7 Å². The molecule has 0 spiro atoms. The lowest BCUT2D eigenvalue weighted by Gasteiger charge is -2.36. The van der Waals surface area contributed by atoms with Crippen LogP contribution in [0.5, 0.6) is 5.75 Å². The Balaban J connectivity index is 1.51. The third-order valence-electron chi connectivity index (χ3n) is 7.19. The topological polar surface area (TPSA) is 66.9 Å². The molecule has 3 heterocycles. The fraction of sp³-hybridized carbons (Fsp3) is 0.179. The molecule has 6 nitrogen and oxygen atoms in total. The van der Waals surface area contributed by atoms with Gasteiger partial charge in [-0.2, -0.15) is 0 Å². The van der Waals surface area contributed by atoms with Gasteiger partial charge < -0.3 is 9.64 Å². The Labute approximate surface area is 221 Å². The van der Waals surface area contributed by atoms with Gasteiger partial charge in [0, 0.05) is 20.7 Å². The normalized spacial score (nSPS) is 24.0. The van der Waals surface area contributed by atoms with E-state index in [0.29, 0.717) is 22.0 Å². The van der Waals surface area contributed by atoms with Crippen molar-refractivity contribution in [1.82, 2.24) is 0 Å². The largest absolute Gasteiger partial charge is 0.495 e. The summed E-state index contributed by atoms with van der Waals surface area (Å²) in [6.45, 7) is 0. The summed E-state index contributed by atoms with van der Waals surface area (Å²) < 4.78 is 6.28. The van der Waals surface area contributed by atoms with Crippen LogP contribution in [0, 0.1) is 11.8 Å². The van der Waals surface area contributed by atoms with Gasteiger partial charge in [0.15, 0.2) is 5.78 Å². The van der Waals surface area contributed by atoms with Crippen LogP contribution >= 0.6 is 27.5 Å². The third kappa shape index (κ3) is 3.33. The Hall–Kier alpha value is -3.42. The molecule has 0 unspecified atom stereocenters. The molecule has 3 aromatic rings. The molecule has 0 radical (unpaired) electrons. The van der Waals surface area contributed by atoms with Gasteiger partial charge in [0.25, 0.3) is 0 Å². The zero-order chi connectivity index (χ0) is 25.1. The summed E-state index contributed by atoms with van der Waals surface area (Å²) in [5.41, 5.74) is 2.47. The zero-order valence-electron chi connectivity index (χ0n) is 19.1. The minimum Gasteiger partial charge on any atom is -0.495 e. The van der Waals surface area contributed by atoms with E-state index in [4.69, 9.17) is 16.3 Å². The lowest BCUT2D eigenvalue weighted by atomic mass is 9.86. The predicted octanol–water partition coefficient (Wildman–Crippen LogP) is 5.38. The Morgan fingerprint density at radius 1 is 0.944 bits per heavy atom.